The van der Waals surface area contributed by atoms with Gasteiger partial charge in [-0.15, -0.1) is 0 Å². The summed E-state index contributed by atoms with van der Waals surface area (Å²) in [6.07, 6.45) is 3.93. The molecule has 1 fully saturated rings. The number of anilines is 2. The molecular formula is C24H31N3O2. The van der Waals surface area contributed by atoms with Gasteiger partial charge in [0.25, 0.3) is 0 Å². The summed E-state index contributed by atoms with van der Waals surface area (Å²) in [5.74, 6) is 1.05. The van der Waals surface area contributed by atoms with Gasteiger partial charge in [-0.05, 0) is 62.2 Å². The molecule has 2 heterocycles. The van der Waals surface area contributed by atoms with Gasteiger partial charge in [-0.3, -0.25) is 4.79 Å². The molecule has 0 spiro atoms. The Bertz CT molecular complexity index is 815. The molecule has 0 radical (unpaired) electrons. The van der Waals surface area contributed by atoms with Crippen molar-refractivity contribution in [3.05, 3.63) is 54.1 Å². The molecule has 0 atom stereocenters. The average Bonchev–Trinajstić information content (AvgIpc) is 3.30. The van der Waals surface area contributed by atoms with Gasteiger partial charge in [-0.1, -0.05) is 24.3 Å². The molecule has 2 aromatic carbocycles. The number of benzene rings is 2. The number of rotatable bonds is 7. The van der Waals surface area contributed by atoms with Gasteiger partial charge in [0.15, 0.2) is 0 Å². The minimum absolute atomic E-state index is 0.201. The SMILES string of the molecule is COc1ccc(CCC(=O)N2CCN(CCN3CCCC3)c3ccccc32)cc1. The molecule has 0 aromatic heterocycles. The summed E-state index contributed by atoms with van der Waals surface area (Å²) in [6.45, 7) is 6.26. The summed E-state index contributed by atoms with van der Waals surface area (Å²) in [4.78, 5) is 20.0. The Kier molecular flexibility index (Phi) is 6.35. The number of methoxy groups -OCH3 is 1. The van der Waals surface area contributed by atoms with E-state index in [4.69, 9.17) is 4.74 Å². The number of hydrogen-bond donors (Lipinski definition) is 0. The van der Waals surface area contributed by atoms with Crippen molar-refractivity contribution in [3.8, 4) is 5.75 Å². The van der Waals surface area contributed by atoms with Crippen LogP contribution in [0.15, 0.2) is 48.5 Å². The molecule has 154 valence electrons. The van der Waals surface area contributed by atoms with Gasteiger partial charge < -0.3 is 19.4 Å². The lowest BCUT2D eigenvalue weighted by Crippen LogP contribution is -2.46. The first-order chi connectivity index (χ1) is 14.2. The van der Waals surface area contributed by atoms with Gasteiger partial charge in [0.1, 0.15) is 5.75 Å². The molecular weight excluding hydrogens is 362 g/mol. The van der Waals surface area contributed by atoms with E-state index in [1.807, 2.05) is 35.2 Å². The summed E-state index contributed by atoms with van der Waals surface area (Å²) in [6, 6.07) is 16.3. The van der Waals surface area contributed by atoms with Crippen molar-refractivity contribution >= 4 is 17.3 Å². The lowest BCUT2D eigenvalue weighted by Gasteiger charge is -2.38. The predicted molar refractivity (Wildman–Crippen MR) is 118 cm³/mol. The zero-order valence-electron chi connectivity index (χ0n) is 17.3. The van der Waals surface area contributed by atoms with Gasteiger partial charge in [0, 0.05) is 32.6 Å². The van der Waals surface area contributed by atoms with Crippen LogP contribution in [0.3, 0.4) is 0 Å². The highest BCUT2D eigenvalue weighted by atomic mass is 16.5. The van der Waals surface area contributed by atoms with E-state index >= 15 is 0 Å². The fourth-order valence-corrected chi connectivity index (χ4v) is 4.36. The van der Waals surface area contributed by atoms with Crippen LogP contribution in [0.25, 0.3) is 0 Å². The first-order valence-corrected chi connectivity index (χ1v) is 10.7. The highest BCUT2D eigenvalue weighted by molar-refractivity contribution is 5.98. The van der Waals surface area contributed by atoms with E-state index in [9.17, 15) is 4.79 Å². The molecule has 4 rings (SSSR count). The standard InChI is InChI=1S/C24H31N3O2/c1-29-21-11-8-20(9-12-21)10-13-24(28)27-19-18-26(17-16-25-14-4-5-15-25)22-6-2-3-7-23(22)27/h2-3,6-9,11-12H,4-5,10,13-19H2,1H3. The van der Waals surface area contributed by atoms with Gasteiger partial charge in [0.05, 0.1) is 18.5 Å². The van der Waals surface area contributed by atoms with Crippen LogP contribution in [-0.4, -0.2) is 57.2 Å². The normalized spacial score (nSPS) is 16.7. The molecule has 0 unspecified atom stereocenters. The number of nitrogens with zero attached hydrogens (tertiary/aromatic N) is 3. The molecule has 2 aromatic rings. The van der Waals surface area contributed by atoms with Crippen LogP contribution in [0.1, 0.15) is 24.8 Å². The number of fused-ring (bicyclic) bond motifs is 1. The first kappa shape index (κ1) is 19.8. The number of likely N-dealkylation sites (tertiary alicyclic amines) is 1. The van der Waals surface area contributed by atoms with Crippen molar-refractivity contribution in [1.29, 1.82) is 0 Å². The second-order valence-electron chi connectivity index (χ2n) is 7.92. The Hall–Kier alpha value is -2.53. The van der Waals surface area contributed by atoms with Gasteiger partial charge >= 0.3 is 0 Å². The van der Waals surface area contributed by atoms with Crippen molar-refractivity contribution in [1.82, 2.24) is 4.90 Å². The minimum atomic E-state index is 0.201. The fraction of sp³-hybridized carbons (Fsp3) is 0.458. The third-order valence-corrected chi connectivity index (χ3v) is 6.08. The van der Waals surface area contributed by atoms with Gasteiger partial charge in [-0.2, -0.15) is 0 Å². The van der Waals surface area contributed by atoms with Crippen molar-refractivity contribution in [2.45, 2.75) is 25.7 Å². The maximum absolute atomic E-state index is 13.0. The molecule has 0 N–H and O–H groups in total. The maximum Gasteiger partial charge on any atom is 0.227 e. The second kappa shape index (κ2) is 9.31. The third kappa shape index (κ3) is 4.73. The minimum Gasteiger partial charge on any atom is -0.497 e. The fourth-order valence-electron chi connectivity index (χ4n) is 4.36. The third-order valence-electron chi connectivity index (χ3n) is 6.08. The summed E-state index contributed by atoms with van der Waals surface area (Å²) >= 11 is 0. The highest BCUT2D eigenvalue weighted by Crippen LogP contribution is 2.33. The van der Waals surface area contributed by atoms with Crippen molar-refractivity contribution < 1.29 is 9.53 Å². The Morgan fingerprint density at radius 3 is 2.34 bits per heavy atom. The smallest absolute Gasteiger partial charge is 0.227 e. The van der Waals surface area contributed by atoms with Crippen LogP contribution in [0.2, 0.25) is 0 Å². The van der Waals surface area contributed by atoms with E-state index in [-0.39, 0.29) is 5.91 Å². The first-order valence-electron chi connectivity index (χ1n) is 10.7. The molecule has 5 heteroatoms. The summed E-state index contributed by atoms with van der Waals surface area (Å²) in [5, 5.41) is 0. The van der Waals surface area contributed by atoms with Crippen LogP contribution < -0.4 is 14.5 Å². The molecule has 29 heavy (non-hydrogen) atoms. The quantitative estimate of drug-likeness (QED) is 0.720. The highest BCUT2D eigenvalue weighted by Gasteiger charge is 2.26. The number of amides is 1. The lowest BCUT2D eigenvalue weighted by molar-refractivity contribution is -0.118. The molecule has 0 bridgehead atoms. The van der Waals surface area contributed by atoms with Gasteiger partial charge in [0.2, 0.25) is 5.91 Å². The summed E-state index contributed by atoms with van der Waals surface area (Å²) in [7, 11) is 1.67. The van der Waals surface area contributed by atoms with E-state index in [0.717, 1.165) is 49.6 Å². The largest absolute Gasteiger partial charge is 0.497 e. The molecule has 2 aliphatic heterocycles. The topological polar surface area (TPSA) is 36.0 Å². The number of carbonyl (C=O) groups is 1. The Labute approximate surface area is 173 Å². The van der Waals surface area contributed by atoms with Crippen LogP contribution in [-0.2, 0) is 11.2 Å². The molecule has 5 nitrogen and oxygen atoms in total. The average molecular weight is 394 g/mol. The van der Waals surface area contributed by atoms with Gasteiger partial charge in [-0.25, -0.2) is 0 Å². The monoisotopic (exact) mass is 393 g/mol. The number of aryl methyl sites for hydroxylation is 1. The number of ether oxygens (including phenoxy) is 1. The molecule has 1 amide bonds. The number of para-hydroxylation sites is 2. The van der Waals surface area contributed by atoms with Crippen molar-refractivity contribution in [2.75, 3.05) is 56.2 Å². The van der Waals surface area contributed by atoms with E-state index in [1.54, 1.807) is 7.11 Å². The Morgan fingerprint density at radius 1 is 0.897 bits per heavy atom. The van der Waals surface area contributed by atoms with E-state index in [2.05, 4.69) is 28.0 Å². The molecule has 0 saturated carbocycles. The lowest BCUT2D eigenvalue weighted by atomic mass is 10.1. The van der Waals surface area contributed by atoms with E-state index in [1.165, 1.54) is 31.6 Å². The van der Waals surface area contributed by atoms with Crippen LogP contribution in [0, 0.1) is 0 Å². The maximum atomic E-state index is 13.0. The number of hydrogen-bond acceptors (Lipinski definition) is 4. The number of carbonyl (C=O) groups excluding carboxylic acids is 1. The van der Waals surface area contributed by atoms with Crippen LogP contribution in [0.4, 0.5) is 11.4 Å². The summed E-state index contributed by atoms with van der Waals surface area (Å²) in [5.41, 5.74) is 3.41. The summed E-state index contributed by atoms with van der Waals surface area (Å²) < 4.78 is 5.21. The second-order valence-corrected chi connectivity index (χ2v) is 7.92. The van der Waals surface area contributed by atoms with Crippen molar-refractivity contribution in [2.24, 2.45) is 0 Å². The zero-order valence-corrected chi connectivity index (χ0v) is 17.3. The van der Waals surface area contributed by atoms with E-state index in [0.29, 0.717) is 6.42 Å². The van der Waals surface area contributed by atoms with Crippen molar-refractivity contribution in [3.63, 3.8) is 0 Å². The molecule has 0 aliphatic carbocycles. The van der Waals surface area contributed by atoms with Crippen LogP contribution >= 0.6 is 0 Å². The molecule has 1 saturated heterocycles. The van der Waals surface area contributed by atoms with Crippen LogP contribution in [0.5, 0.6) is 5.75 Å². The van der Waals surface area contributed by atoms with E-state index < -0.39 is 0 Å². The Balaban J connectivity index is 1.39. The Morgan fingerprint density at radius 2 is 1.62 bits per heavy atom. The zero-order chi connectivity index (χ0) is 20.1. The molecule has 2 aliphatic rings. The predicted octanol–water partition coefficient (Wildman–Crippen LogP) is 3.58.